The molecule has 2 heteroatoms. The summed E-state index contributed by atoms with van der Waals surface area (Å²) in [7, 11) is 0. The Morgan fingerprint density at radius 2 is 1.93 bits per heavy atom. The van der Waals surface area contributed by atoms with Crippen LogP contribution in [-0.4, -0.2) is 17.5 Å². The van der Waals surface area contributed by atoms with E-state index in [9.17, 15) is 9.90 Å². The second-order valence-electron chi connectivity index (χ2n) is 3.26. The van der Waals surface area contributed by atoms with Gasteiger partial charge in [-0.2, -0.15) is 0 Å². The fourth-order valence-electron chi connectivity index (χ4n) is 1.03. The van der Waals surface area contributed by atoms with Crippen LogP contribution in [0.5, 0.6) is 0 Å². The Balaban J connectivity index is 2.60. The molecule has 0 aromatic heterocycles. The van der Waals surface area contributed by atoms with E-state index >= 15 is 0 Å². The molecule has 0 saturated heterocycles. The van der Waals surface area contributed by atoms with Gasteiger partial charge in [0.05, 0.1) is 6.10 Å². The first-order valence-corrected chi connectivity index (χ1v) is 4.60. The van der Waals surface area contributed by atoms with Crippen molar-refractivity contribution in [2.24, 2.45) is 5.92 Å². The van der Waals surface area contributed by atoms with E-state index in [2.05, 4.69) is 0 Å². The lowest BCUT2D eigenvalue weighted by Gasteiger charge is -2.07. The van der Waals surface area contributed by atoms with Gasteiger partial charge in [0.15, 0.2) is 0 Å². The Bertz CT molecular complexity index is 303. The van der Waals surface area contributed by atoms with Gasteiger partial charge in [0.25, 0.3) is 0 Å². The maximum absolute atomic E-state index is 10.4. The lowest BCUT2D eigenvalue weighted by Crippen LogP contribution is -2.15. The van der Waals surface area contributed by atoms with E-state index in [4.69, 9.17) is 0 Å². The van der Waals surface area contributed by atoms with Gasteiger partial charge in [-0.3, -0.25) is 0 Å². The molecule has 0 aliphatic rings. The highest BCUT2D eigenvalue weighted by atomic mass is 16.3. The summed E-state index contributed by atoms with van der Waals surface area (Å²) in [6.45, 7) is 1.69. The average Bonchev–Trinajstić information content (AvgIpc) is 2.26. The predicted molar refractivity (Wildman–Crippen MR) is 56.7 cm³/mol. The Labute approximate surface area is 83.9 Å². The first kappa shape index (κ1) is 10.7. The summed E-state index contributed by atoms with van der Waals surface area (Å²) in [5.41, 5.74) is 1.02. The lowest BCUT2D eigenvalue weighted by atomic mass is 10.1. The first-order chi connectivity index (χ1) is 6.74. The van der Waals surface area contributed by atoms with E-state index in [0.717, 1.165) is 11.8 Å². The van der Waals surface area contributed by atoms with Crippen LogP contribution < -0.4 is 0 Å². The van der Waals surface area contributed by atoms with Crippen molar-refractivity contribution in [1.82, 2.24) is 0 Å². The van der Waals surface area contributed by atoms with Gasteiger partial charge in [0, 0.05) is 5.92 Å². The Hall–Kier alpha value is -1.41. The molecule has 1 aromatic carbocycles. The number of hydrogen-bond acceptors (Lipinski definition) is 2. The molecule has 0 aliphatic heterocycles. The molecule has 0 saturated carbocycles. The van der Waals surface area contributed by atoms with Crippen molar-refractivity contribution in [3.63, 3.8) is 0 Å². The van der Waals surface area contributed by atoms with Crippen LogP contribution >= 0.6 is 0 Å². The molecule has 0 aliphatic carbocycles. The molecule has 74 valence electrons. The molecule has 0 amide bonds. The van der Waals surface area contributed by atoms with Crippen LogP contribution in [0.15, 0.2) is 36.4 Å². The zero-order valence-corrected chi connectivity index (χ0v) is 8.13. The van der Waals surface area contributed by atoms with E-state index in [1.807, 2.05) is 36.4 Å². The van der Waals surface area contributed by atoms with Crippen LogP contribution in [0.2, 0.25) is 0 Å². The first-order valence-electron chi connectivity index (χ1n) is 4.60. The maximum Gasteiger partial charge on any atom is 0.125 e. The number of aldehydes is 1. The summed E-state index contributed by atoms with van der Waals surface area (Å²) in [6.07, 6.45) is 3.49. The fourth-order valence-corrected chi connectivity index (χ4v) is 1.03. The van der Waals surface area contributed by atoms with Crippen LogP contribution in [0.25, 0.3) is 6.08 Å². The van der Waals surface area contributed by atoms with Gasteiger partial charge in [-0.05, 0) is 5.56 Å². The largest absolute Gasteiger partial charge is 0.388 e. The van der Waals surface area contributed by atoms with Gasteiger partial charge in [-0.15, -0.1) is 0 Å². The van der Waals surface area contributed by atoms with Crippen molar-refractivity contribution in [2.45, 2.75) is 13.0 Å². The molecule has 1 N–H and O–H groups in total. The number of carbonyl (C=O) groups excluding carboxylic acids is 1. The van der Waals surface area contributed by atoms with Crippen LogP contribution in [0.3, 0.4) is 0 Å². The molecule has 0 spiro atoms. The summed E-state index contributed by atoms with van der Waals surface area (Å²) < 4.78 is 0. The third kappa shape index (κ3) is 3.15. The predicted octanol–water partition coefficient (Wildman–Crippen LogP) is 1.90. The van der Waals surface area contributed by atoms with E-state index in [1.165, 1.54) is 0 Å². The Morgan fingerprint density at radius 3 is 2.50 bits per heavy atom. The highest BCUT2D eigenvalue weighted by Gasteiger charge is 2.08. The molecule has 0 unspecified atom stereocenters. The van der Waals surface area contributed by atoms with E-state index in [-0.39, 0.29) is 5.92 Å². The molecule has 2 nitrogen and oxygen atoms in total. The van der Waals surface area contributed by atoms with Gasteiger partial charge < -0.3 is 9.90 Å². The molecule has 14 heavy (non-hydrogen) atoms. The Kier molecular flexibility index (Phi) is 4.08. The minimum absolute atomic E-state index is 0.352. The van der Waals surface area contributed by atoms with Gasteiger partial charge in [-0.1, -0.05) is 49.4 Å². The van der Waals surface area contributed by atoms with Gasteiger partial charge in [0.2, 0.25) is 0 Å². The van der Waals surface area contributed by atoms with Gasteiger partial charge >= 0.3 is 0 Å². The average molecular weight is 190 g/mol. The van der Waals surface area contributed by atoms with E-state index in [1.54, 1.807) is 13.0 Å². The molecule has 1 aromatic rings. The lowest BCUT2D eigenvalue weighted by molar-refractivity contribution is -0.112. The summed E-state index contributed by atoms with van der Waals surface area (Å²) in [5, 5.41) is 9.46. The number of aliphatic hydroxyl groups is 1. The van der Waals surface area contributed by atoms with Crippen molar-refractivity contribution in [1.29, 1.82) is 0 Å². The van der Waals surface area contributed by atoms with Crippen molar-refractivity contribution in [2.75, 3.05) is 0 Å². The summed E-state index contributed by atoms with van der Waals surface area (Å²) in [5.74, 6) is -0.352. The van der Waals surface area contributed by atoms with Crippen molar-refractivity contribution < 1.29 is 9.90 Å². The van der Waals surface area contributed by atoms with E-state index in [0.29, 0.717) is 0 Å². The third-order valence-electron chi connectivity index (χ3n) is 2.04. The number of aliphatic hydroxyl groups excluding tert-OH is 1. The van der Waals surface area contributed by atoms with Crippen molar-refractivity contribution in [3.8, 4) is 0 Å². The molecular formula is C12H14O2. The standard InChI is InChI=1S/C12H14O2/c1-10(9-13)12(14)8-7-11-5-3-2-4-6-11/h2-10,12,14H,1H3/b8-7+/t10-,12-/m0/s1. The van der Waals surface area contributed by atoms with Crippen LogP contribution in [0, 0.1) is 5.92 Å². The third-order valence-corrected chi connectivity index (χ3v) is 2.04. The number of rotatable bonds is 4. The fraction of sp³-hybridized carbons (Fsp3) is 0.250. The number of hydrogen-bond donors (Lipinski definition) is 1. The van der Waals surface area contributed by atoms with Crippen LogP contribution in [0.4, 0.5) is 0 Å². The molecular weight excluding hydrogens is 176 g/mol. The molecule has 0 heterocycles. The second-order valence-corrected chi connectivity index (χ2v) is 3.26. The van der Waals surface area contributed by atoms with Crippen molar-refractivity contribution in [3.05, 3.63) is 42.0 Å². The summed E-state index contributed by atoms with van der Waals surface area (Å²) in [4.78, 5) is 10.4. The van der Waals surface area contributed by atoms with Crippen LogP contribution in [0.1, 0.15) is 12.5 Å². The highest BCUT2D eigenvalue weighted by molar-refractivity contribution is 5.56. The molecule has 0 fully saturated rings. The zero-order valence-electron chi connectivity index (χ0n) is 8.13. The number of benzene rings is 1. The SMILES string of the molecule is C[C@@H](C=O)[C@@H](O)/C=C/c1ccccc1. The molecule has 0 radical (unpaired) electrons. The quantitative estimate of drug-likeness (QED) is 0.736. The maximum atomic E-state index is 10.4. The normalized spacial score (nSPS) is 15.3. The van der Waals surface area contributed by atoms with Crippen molar-refractivity contribution >= 4 is 12.4 Å². The van der Waals surface area contributed by atoms with Crippen LogP contribution in [-0.2, 0) is 4.79 Å². The molecule has 0 bridgehead atoms. The molecule has 2 atom stereocenters. The minimum atomic E-state index is -0.701. The molecule has 1 rings (SSSR count). The topological polar surface area (TPSA) is 37.3 Å². The summed E-state index contributed by atoms with van der Waals surface area (Å²) >= 11 is 0. The zero-order chi connectivity index (χ0) is 10.4. The Morgan fingerprint density at radius 1 is 1.29 bits per heavy atom. The number of carbonyl (C=O) groups is 1. The smallest absolute Gasteiger partial charge is 0.125 e. The summed E-state index contributed by atoms with van der Waals surface area (Å²) in [6, 6.07) is 9.66. The second kappa shape index (κ2) is 5.35. The highest BCUT2D eigenvalue weighted by Crippen LogP contribution is 2.06. The van der Waals surface area contributed by atoms with Gasteiger partial charge in [0.1, 0.15) is 6.29 Å². The monoisotopic (exact) mass is 190 g/mol. The minimum Gasteiger partial charge on any atom is -0.388 e. The van der Waals surface area contributed by atoms with Gasteiger partial charge in [-0.25, -0.2) is 0 Å². The van der Waals surface area contributed by atoms with E-state index < -0.39 is 6.10 Å².